The van der Waals surface area contributed by atoms with Crippen LogP contribution < -0.4 is 14.9 Å². The number of benzene rings is 1. The Bertz CT molecular complexity index is 727. The molecule has 0 atom stereocenters. The van der Waals surface area contributed by atoms with Crippen molar-refractivity contribution < 1.29 is 14.3 Å². The minimum Gasteiger partial charge on any atom is -0.454 e. The van der Waals surface area contributed by atoms with Crippen LogP contribution in [0.1, 0.15) is 16.1 Å². The molecule has 0 spiro atoms. The number of carbonyl (C=O) groups excluding carboxylic acids is 1. The lowest BCUT2D eigenvalue weighted by molar-refractivity contribution is 0.0950. The third-order valence-corrected chi connectivity index (χ3v) is 2.91. The van der Waals surface area contributed by atoms with Gasteiger partial charge in [0.2, 0.25) is 6.79 Å². The molecule has 6 heteroatoms. The lowest BCUT2D eigenvalue weighted by Gasteiger charge is -1.97. The number of nitrogens with one attached hydrogen (secondary N) is 1. The van der Waals surface area contributed by atoms with Crippen LogP contribution in [0.4, 0.5) is 0 Å². The van der Waals surface area contributed by atoms with E-state index in [2.05, 4.69) is 15.5 Å². The molecule has 1 aromatic carbocycles. The van der Waals surface area contributed by atoms with Gasteiger partial charge in [-0.3, -0.25) is 9.78 Å². The van der Waals surface area contributed by atoms with Crippen molar-refractivity contribution in [1.29, 1.82) is 0 Å². The average Bonchev–Trinajstić information content (AvgIpc) is 3.03. The van der Waals surface area contributed by atoms with Gasteiger partial charge in [0, 0.05) is 12.4 Å². The summed E-state index contributed by atoms with van der Waals surface area (Å²) in [5.74, 6) is 1.12. The first-order valence-electron chi connectivity index (χ1n) is 6.64. The van der Waals surface area contributed by atoms with Crippen LogP contribution in [0.25, 0.3) is 6.08 Å². The Morgan fingerprint density at radius 2 is 2.14 bits per heavy atom. The quantitative estimate of drug-likeness (QED) is 0.693. The Labute approximate surface area is 127 Å². The summed E-state index contributed by atoms with van der Waals surface area (Å²) in [6.07, 6.45) is 6.61. The molecule has 0 bridgehead atoms. The van der Waals surface area contributed by atoms with Crippen LogP contribution in [-0.2, 0) is 0 Å². The summed E-state index contributed by atoms with van der Waals surface area (Å²) in [4.78, 5) is 15.6. The Morgan fingerprint density at radius 1 is 1.23 bits per heavy atom. The monoisotopic (exact) mass is 295 g/mol. The van der Waals surface area contributed by atoms with Gasteiger partial charge in [-0.25, -0.2) is 5.43 Å². The Hall–Kier alpha value is -3.15. The first-order valence-corrected chi connectivity index (χ1v) is 6.64. The van der Waals surface area contributed by atoms with E-state index in [0.29, 0.717) is 5.69 Å². The number of amides is 1. The molecule has 0 fully saturated rings. The summed E-state index contributed by atoms with van der Waals surface area (Å²) in [6.45, 7) is 0.253. The van der Waals surface area contributed by atoms with Gasteiger partial charge >= 0.3 is 0 Å². The number of hydrazone groups is 1. The van der Waals surface area contributed by atoms with Crippen molar-refractivity contribution >= 4 is 18.2 Å². The first kappa shape index (κ1) is 13.8. The third kappa shape index (κ3) is 3.29. The van der Waals surface area contributed by atoms with E-state index in [1.165, 1.54) is 6.21 Å². The first-order chi connectivity index (χ1) is 10.8. The van der Waals surface area contributed by atoms with Crippen molar-refractivity contribution in [2.45, 2.75) is 0 Å². The summed E-state index contributed by atoms with van der Waals surface area (Å²) in [5, 5.41) is 3.83. The van der Waals surface area contributed by atoms with E-state index < -0.39 is 0 Å². The van der Waals surface area contributed by atoms with Crippen LogP contribution in [0.2, 0.25) is 0 Å². The maximum Gasteiger partial charge on any atom is 0.289 e. The smallest absolute Gasteiger partial charge is 0.289 e. The minimum atomic E-state index is -0.353. The molecule has 0 radical (unpaired) electrons. The van der Waals surface area contributed by atoms with Gasteiger partial charge in [-0.2, -0.15) is 5.10 Å². The number of rotatable bonds is 4. The Balaban J connectivity index is 1.55. The predicted octanol–water partition coefficient (Wildman–Crippen LogP) is 2.24. The van der Waals surface area contributed by atoms with Crippen LogP contribution in [0.15, 0.2) is 53.8 Å². The molecule has 6 nitrogen and oxygen atoms in total. The van der Waals surface area contributed by atoms with Gasteiger partial charge in [-0.05, 0) is 35.9 Å². The SMILES string of the molecule is O=C(N/N=C/C=C/c1ccc2c(c1)OCO2)c1ccccn1. The van der Waals surface area contributed by atoms with Crippen LogP contribution >= 0.6 is 0 Å². The molecule has 2 heterocycles. The van der Waals surface area contributed by atoms with Crippen molar-refractivity contribution in [3.8, 4) is 11.5 Å². The van der Waals surface area contributed by atoms with Gasteiger partial charge in [0.25, 0.3) is 5.91 Å². The van der Waals surface area contributed by atoms with Gasteiger partial charge < -0.3 is 9.47 Å². The van der Waals surface area contributed by atoms with Gasteiger partial charge in [0.15, 0.2) is 11.5 Å². The number of aromatic nitrogens is 1. The fourth-order valence-electron chi connectivity index (χ4n) is 1.86. The van der Waals surface area contributed by atoms with Crippen LogP contribution in [0.5, 0.6) is 11.5 Å². The number of ether oxygens (including phenoxy) is 2. The molecular formula is C16H13N3O3. The van der Waals surface area contributed by atoms with Crippen LogP contribution in [0.3, 0.4) is 0 Å². The van der Waals surface area contributed by atoms with Crippen molar-refractivity contribution in [3.63, 3.8) is 0 Å². The highest BCUT2D eigenvalue weighted by molar-refractivity contribution is 5.92. The third-order valence-electron chi connectivity index (χ3n) is 2.91. The average molecular weight is 295 g/mol. The van der Waals surface area contributed by atoms with Crippen LogP contribution in [0, 0.1) is 0 Å². The summed E-state index contributed by atoms with van der Waals surface area (Å²) in [5.41, 5.74) is 3.67. The summed E-state index contributed by atoms with van der Waals surface area (Å²) in [6, 6.07) is 10.7. The Morgan fingerprint density at radius 3 is 3.00 bits per heavy atom. The molecule has 1 amide bonds. The van der Waals surface area contributed by atoms with Gasteiger partial charge in [-0.1, -0.05) is 18.2 Å². The normalized spacial score (nSPS) is 12.9. The lowest BCUT2D eigenvalue weighted by Crippen LogP contribution is -2.18. The molecule has 0 unspecified atom stereocenters. The second-order valence-electron chi connectivity index (χ2n) is 4.41. The second-order valence-corrected chi connectivity index (χ2v) is 4.41. The van der Waals surface area contributed by atoms with Crippen molar-refractivity contribution in [2.75, 3.05) is 6.79 Å². The molecule has 110 valence electrons. The predicted molar refractivity (Wildman–Crippen MR) is 81.8 cm³/mol. The van der Waals surface area contributed by atoms with E-state index in [0.717, 1.165) is 17.1 Å². The van der Waals surface area contributed by atoms with Crippen molar-refractivity contribution in [3.05, 3.63) is 59.9 Å². The topological polar surface area (TPSA) is 72.8 Å². The molecule has 0 saturated carbocycles. The Kier molecular flexibility index (Phi) is 4.10. The number of nitrogens with zero attached hydrogens (tertiary/aromatic N) is 2. The highest BCUT2D eigenvalue weighted by Crippen LogP contribution is 2.32. The van der Waals surface area contributed by atoms with E-state index in [4.69, 9.17) is 9.47 Å². The summed E-state index contributed by atoms with van der Waals surface area (Å²) >= 11 is 0. The van der Waals surface area contributed by atoms with Crippen LogP contribution in [-0.4, -0.2) is 23.9 Å². The molecule has 1 aromatic heterocycles. The highest BCUT2D eigenvalue weighted by Gasteiger charge is 2.11. The maximum atomic E-state index is 11.7. The number of hydrogen-bond acceptors (Lipinski definition) is 5. The van der Waals surface area contributed by atoms with E-state index in [1.54, 1.807) is 30.5 Å². The van der Waals surface area contributed by atoms with Gasteiger partial charge in [0.05, 0.1) is 0 Å². The number of carbonyl (C=O) groups is 1. The van der Waals surface area contributed by atoms with Crippen molar-refractivity contribution in [2.24, 2.45) is 5.10 Å². The van der Waals surface area contributed by atoms with Gasteiger partial charge in [-0.15, -0.1) is 0 Å². The number of allylic oxidation sites excluding steroid dienone is 1. The minimum absolute atomic E-state index is 0.253. The highest BCUT2D eigenvalue weighted by atomic mass is 16.7. The molecule has 2 aromatic rings. The largest absolute Gasteiger partial charge is 0.454 e. The molecule has 1 aliphatic heterocycles. The zero-order valence-electron chi connectivity index (χ0n) is 11.6. The zero-order valence-corrected chi connectivity index (χ0v) is 11.6. The maximum absolute atomic E-state index is 11.7. The molecule has 0 saturated heterocycles. The van der Waals surface area contributed by atoms with Crippen molar-refractivity contribution in [1.82, 2.24) is 10.4 Å². The van der Waals surface area contributed by atoms with E-state index in [-0.39, 0.29) is 12.7 Å². The number of pyridine rings is 1. The lowest BCUT2D eigenvalue weighted by atomic mass is 10.2. The molecule has 22 heavy (non-hydrogen) atoms. The molecule has 0 aliphatic carbocycles. The van der Waals surface area contributed by atoms with E-state index >= 15 is 0 Å². The second kappa shape index (κ2) is 6.53. The van der Waals surface area contributed by atoms with E-state index in [1.807, 2.05) is 24.3 Å². The number of hydrogen-bond donors (Lipinski definition) is 1. The van der Waals surface area contributed by atoms with Gasteiger partial charge in [0.1, 0.15) is 5.69 Å². The molecular weight excluding hydrogens is 282 g/mol. The molecule has 3 rings (SSSR count). The van der Waals surface area contributed by atoms with E-state index in [9.17, 15) is 4.79 Å². The molecule has 1 N–H and O–H groups in total. The summed E-state index contributed by atoms with van der Waals surface area (Å²) < 4.78 is 10.5. The fourth-order valence-corrected chi connectivity index (χ4v) is 1.86. The molecule has 1 aliphatic rings. The summed E-state index contributed by atoms with van der Waals surface area (Å²) in [7, 11) is 0. The number of fused-ring (bicyclic) bond motifs is 1. The fraction of sp³-hybridized carbons (Fsp3) is 0.0625. The standard InChI is InChI=1S/C16H13N3O3/c20-16(13-5-1-2-8-17-13)19-18-9-3-4-12-6-7-14-15(10-12)22-11-21-14/h1-10H,11H2,(H,19,20)/b4-3+,18-9+. The zero-order chi connectivity index (χ0) is 15.2.